The molecule has 0 atom stereocenters. The monoisotopic (exact) mass is 308 g/mol. The fraction of sp³-hybridized carbons (Fsp3) is 0. The van der Waals surface area contributed by atoms with Crippen LogP contribution in [0.25, 0.3) is 0 Å². The predicted molar refractivity (Wildman–Crippen MR) is 70.5 cm³/mol. The van der Waals surface area contributed by atoms with E-state index in [0.717, 1.165) is 0 Å². The Hall–Kier alpha value is -2.15. The number of phenolic OH excluding ortho intramolecular Hbond substituents is 1. The average molecular weight is 309 g/mol. The SMILES string of the molecule is O=C(Nc1ncc(Br)cn1)Nc1ccccc1O. The lowest BCUT2D eigenvalue weighted by Crippen LogP contribution is -2.20. The number of hydrogen-bond acceptors (Lipinski definition) is 4. The zero-order valence-corrected chi connectivity index (χ0v) is 10.7. The summed E-state index contributed by atoms with van der Waals surface area (Å²) >= 11 is 3.19. The second kappa shape index (κ2) is 5.46. The Morgan fingerprint density at radius 3 is 2.50 bits per heavy atom. The van der Waals surface area contributed by atoms with Gasteiger partial charge in [0.15, 0.2) is 0 Å². The molecule has 1 aromatic heterocycles. The maximum absolute atomic E-state index is 11.6. The Morgan fingerprint density at radius 2 is 1.83 bits per heavy atom. The van der Waals surface area contributed by atoms with Crippen LogP contribution in [0, 0.1) is 0 Å². The molecule has 0 aliphatic rings. The highest BCUT2D eigenvalue weighted by Crippen LogP contribution is 2.21. The van der Waals surface area contributed by atoms with E-state index in [9.17, 15) is 9.90 Å². The van der Waals surface area contributed by atoms with Gasteiger partial charge >= 0.3 is 6.03 Å². The number of carbonyl (C=O) groups excluding carboxylic acids is 1. The highest BCUT2D eigenvalue weighted by molar-refractivity contribution is 9.10. The number of benzene rings is 1. The first kappa shape index (κ1) is 12.3. The van der Waals surface area contributed by atoms with E-state index in [-0.39, 0.29) is 11.7 Å². The van der Waals surface area contributed by atoms with Crippen LogP contribution in [0.4, 0.5) is 16.4 Å². The average Bonchev–Trinajstić information content (AvgIpc) is 2.35. The number of halogens is 1. The molecule has 0 aliphatic carbocycles. The number of aromatic nitrogens is 2. The van der Waals surface area contributed by atoms with Gasteiger partial charge in [0.1, 0.15) is 5.75 Å². The molecule has 6 nitrogen and oxygen atoms in total. The standard InChI is InChI=1S/C11H9BrN4O2/c12-7-5-13-10(14-6-7)16-11(18)15-8-3-1-2-4-9(8)17/h1-6,17H,(H2,13,14,15,16,18). The molecular formula is C11H9BrN4O2. The third-order valence-electron chi connectivity index (χ3n) is 2.00. The number of amides is 2. The van der Waals surface area contributed by atoms with E-state index < -0.39 is 6.03 Å². The van der Waals surface area contributed by atoms with Crippen LogP contribution in [-0.4, -0.2) is 21.1 Å². The van der Waals surface area contributed by atoms with Crippen molar-refractivity contribution in [3.8, 4) is 5.75 Å². The predicted octanol–water partition coefficient (Wildman–Crippen LogP) is 2.59. The van der Waals surface area contributed by atoms with Crippen molar-refractivity contribution in [2.45, 2.75) is 0 Å². The Morgan fingerprint density at radius 1 is 1.17 bits per heavy atom. The van der Waals surface area contributed by atoms with Crippen molar-refractivity contribution in [1.29, 1.82) is 0 Å². The molecule has 0 unspecified atom stereocenters. The molecule has 7 heteroatoms. The number of phenols is 1. The van der Waals surface area contributed by atoms with Crippen molar-refractivity contribution >= 4 is 33.6 Å². The number of anilines is 2. The van der Waals surface area contributed by atoms with Crippen molar-refractivity contribution in [1.82, 2.24) is 9.97 Å². The number of nitrogens with zero attached hydrogens (tertiary/aromatic N) is 2. The Labute approximate surface area is 111 Å². The van der Waals surface area contributed by atoms with E-state index in [1.54, 1.807) is 18.2 Å². The third kappa shape index (κ3) is 3.17. The highest BCUT2D eigenvalue weighted by atomic mass is 79.9. The first-order valence-electron chi connectivity index (χ1n) is 4.99. The lowest BCUT2D eigenvalue weighted by molar-refractivity contribution is 0.262. The fourth-order valence-corrected chi connectivity index (χ4v) is 1.42. The van der Waals surface area contributed by atoms with Crippen LogP contribution in [-0.2, 0) is 0 Å². The maximum Gasteiger partial charge on any atom is 0.326 e. The van der Waals surface area contributed by atoms with E-state index in [4.69, 9.17) is 0 Å². The number of carbonyl (C=O) groups is 1. The molecule has 0 aliphatic heterocycles. The summed E-state index contributed by atoms with van der Waals surface area (Å²) in [5, 5.41) is 14.4. The number of aromatic hydroxyl groups is 1. The smallest absolute Gasteiger partial charge is 0.326 e. The first-order valence-corrected chi connectivity index (χ1v) is 5.78. The molecule has 1 heterocycles. The molecular weight excluding hydrogens is 300 g/mol. The maximum atomic E-state index is 11.6. The molecule has 1 aromatic carbocycles. The molecule has 2 amide bonds. The number of rotatable bonds is 2. The quantitative estimate of drug-likeness (QED) is 0.744. The minimum Gasteiger partial charge on any atom is -0.506 e. The number of urea groups is 1. The van der Waals surface area contributed by atoms with Gasteiger partial charge in [-0.2, -0.15) is 0 Å². The molecule has 0 fully saturated rings. The summed E-state index contributed by atoms with van der Waals surface area (Å²) in [5.74, 6) is 0.162. The van der Waals surface area contributed by atoms with Gasteiger partial charge in [0, 0.05) is 12.4 Å². The van der Waals surface area contributed by atoms with Gasteiger partial charge in [-0.3, -0.25) is 5.32 Å². The molecule has 2 aromatic rings. The van der Waals surface area contributed by atoms with E-state index in [1.807, 2.05) is 0 Å². The summed E-state index contributed by atoms with van der Waals surface area (Å²) in [7, 11) is 0. The third-order valence-corrected chi connectivity index (χ3v) is 2.41. The van der Waals surface area contributed by atoms with Crippen molar-refractivity contribution in [2.24, 2.45) is 0 Å². The molecule has 0 bridgehead atoms. The van der Waals surface area contributed by atoms with Gasteiger partial charge < -0.3 is 10.4 Å². The molecule has 3 N–H and O–H groups in total. The van der Waals surface area contributed by atoms with Crippen molar-refractivity contribution in [3.63, 3.8) is 0 Å². The summed E-state index contributed by atoms with van der Waals surface area (Å²) in [5.41, 5.74) is 0.312. The summed E-state index contributed by atoms with van der Waals surface area (Å²) in [6, 6.07) is 5.89. The van der Waals surface area contributed by atoms with Crippen molar-refractivity contribution in [2.75, 3.05) is 10.6 Å². The van der Waals surface area contributed by atoms with E-state index in [0.29, 0.717) is 10.2 Å². The van der Waals surface area contributed by atoms with Crippen LogP contribution in [0.5, 0.6) is 5.75 Å². The van der Waals surface area contributed by atoms with Crippen LogP contribution < -0.4 is 10.6 Å². The molecule has 0 saturated carbocycles. The topological polar surface area (TPSA) is 87.1 Å². The van der Waals surface area contributed by atoms with E-state index in [2.05, 4.69) is 36.5 Å². The Kier molecular flexibility index (Phi) is 3.73. The Balaban J connectivity index is 2.01. The Bertz CT molecular complexity index is 559. The van der Waals surface area contributed by atoms with Crippen LogP contribution in [0.1, 0.15) is 0 Å². The van der Waals surface area contributed by atoms with Gasteiger partial charge in [-0.1, -0.05) is 12.1 Å². The molecule has 92 valence electrons. The second-order valence-corrected chi connectivity index (χ2v) is 4.24. The van der Waals surface area contributed by atoms with Crippen LogP contribution in [0.15, 0.2) is 41.1 Å². The molecule has 0 radical (unpaired) electrons. The van der Waals surface area contributed by atoms with E-state index >= 15 is 0 Å². The zero-order valence-electron chi connectivity index (χ0n) is 9.09. The zero-order chi connectivity index (χ0) is 13.0. The molecule has 0 saturated heterocycles. The van der Waals surface area contributed by atoms with Crippen molar-refractivity contribution < 1.29 is 9.90 Å². The van der Waals surface area contributed by atoms with Crippen LogP contribution in [0.3, 0.4) is 0 Å². The lowest BCUT2D eigenvalue weighted by atomic mass is 10.3. The van der Waals surface area contributed by atoms with Gasteiger partial charge in [-0.15, -0.1) is 0 Å². The number of nitrogens with one attached hydrogen (secondary N) is 2. The highest BCUT2D eigenvalue weighted by Gasteiger charge is 2.06. The van der Waals surface area contributed by atoms with Gasteiger partial charge in [0.25, 0.3) is 0 Å². The normalized spacial score (nSPS) is 9.83. The summed E-state index contributed by atoms with van der Waals surface area (Å²) < 4.78 is 0.717. The molecule has 18 heavy (non-hydrogen) atoms. The minimum absolute atomic E-state index is 0.00984. The lowest BCUT2D eigenvalue weighted by Gasteiger charge is -2.07. The second-order valence-electron chi connectivity index (χ2n) is 3.32. The van der Waals surface area contributed by atoms with Crippen molar-refractivity contribution in [3.05, 3.63) is 41.1 Å². The summed E-state index contributed by atoms with van der Waals surface area (Å²) in [4.78, 5) is 19.4. The first-order chi connectivity index (χ1) is 8.65. The van der Waals surface area contributed by atoms with Gasteiger partial charge in [0.2, 0.25) is 5.95 Å². The van der Waals surface area contributed by atoms with Gasteiger partial charge in [-0.25, -0.2) is 14.8 Å². The number of hydrogen-bond donors (Lipinski definition) is 3. The van der Waals surface area contributed by atoms with Crippen LogP contribution >= 0.6 is 15.9 Å². The van der Waals surface area contributed by atoms with E-state index in [1.165, 1.54) is 18.5 Å². The van der Waals surface area contributed by atoms with Gasteiger partial charge in [-0.05, 0) is 28.1 Å². The largest absolute Gasteiger partial charge is 0.506 e. The fourth-order valence-electron chi connectivity index (χ4n) is 1.21. The van der Waals surface area contributed by atoms with Crippen LogP contribution in [0.2, 0.25) is 0 Å². The minimum atomic E-state index is -0.529. The molecule has 0 spiro atoms. The summed E-state index contributed by atoms with van der Waals surface area (Å²) in [6.45, 7) is 0. The van der Waals surface area contributed by atoms with Gasteiger partial charge in [0.05, 0.1) is 10.2 Å². The summed E-state index contributed by atoms with van der Waals surface area (Å²) in [6.07, 6.45) is 3.03. The molecule has 2 rings (SSSR count). The number of para-hydroxylation sites is 2.